The molecule has 3 aromatic carbocycles. The highest BCUT2D eigenvalue weighted by Gasteiger charge is 2.47. The van der Waals surface area contributed by atoms with Crippen molar-refractivity contribution >= 4 is 5.91 Å². The SMILES string of the molecule is CC(O)(c1ccccc1)C1c2ccccc2C(=O)N1Cc1ccccc1. The van der Waals surface area contributed by atoms with Crippen LogP contribution in [0.2, 0.25) is 0 Å². The van der Waals surface area contributed by atoms with E-state index in [0.29, 0.717) is 12.1 Å². The molecule has 3 heteroatoms. The summed E-state index contributed by atoms with van der Waals surface area (Å²) in [7, 11) is 0. The monoisotopic (exact) mass is 343 g/mol. The van der Waals surface area contributed by atoms with Crippen molar-refractivity contribution in [2.24, 2.45) is 0 Å². The van der Waals surface area contributed by atoms with Crippen molar-refractivity contribution in [3.63, 3.8) is 0 Å². The molecule has 0 spiro atoms. The number of carbonyl (C=O) groups is 1. The molecule has 0 bridgehead atoms. The van der Waals surface area contributed by atoms with Crippen molar-refractivity contribution < 1.29 is 9.90 Å². The number of rotatable bonds is 4. The Hall–Kier alpha value is -2.91. The average molecular weight is 343 g/mol. The second-order valence-corrected chi connectivity index (χ2v) is 6.92. The molecule has 1 N–H and O–H groups in total. The number of hydrogen-bond acceptors (Lipinski definition) is 2. The van der Waals surface area contributed by atoms with E-state index in [2.05, 4.69) is 0 Å². The van der Waals surface area contributed by atoms with Gasteiger partial charge in [0.25, 0.3) is 5.91 Å². The van der Waals surface area contributed by atoms with E-state index in [4.69, 9.17) is 0 Å². The van der Waals surface area contributed by atoms with Crippen LogP contribution in [0.1, 0.15) is 40.0 Å². The van der Waals surface area contributed by atoms with Crippen molar-refractivity contribution in [3.8, 4) is 0 Å². The van der Waals surface area contributed by atoms with Gasteiger partial charge < -0.3 is 10.0 Å². The first kappa shape index (κ1) is 16.6. The summed E-state index contributed by atoms with van der Waals surface area (Å²) in [4.78, 5) is 14.9. The highest BCUT2D eigenvalue weighted by atomic mass is 16.3. The first-order valence-electron chi connectivity index (χ1n) is 8.81. The zero-order chi connectivity index (χ0) is 18.1. The molecule has 130 valence electrons. The molecule has 1 aliphatic heterocycles. The molecule has 26 heavy (non-hydrogen) atoms. The van der Waals surface area contributed by atoms with E-state index in [-0.39, 0.29) is 5.91 Å². The highest BCUT2D eigenvalue weighted by Crippen LogP contribution is 2.46. The zero-order valence-electron chi connectivity index (χ0n) is 14.7. The van der Waals surface area contributed by atoms with E-state index >= 15 is 0 Å². The third kappa shape index (κ3) is 2.71. The number of amides is 1. The first-order chi connectivity index (χ1) is 12.6. The summed E-state index contributed by atoms with van der Waals surface area (Å²) in [5.41, 5.74) is 2.19. The van der Waals surface area contributed by atoms with Gasteiger partial charge in [-0.15, -0.1) is 0 Å². The average Bonchev–Trinajstić information content (AvgIpc) is 2.96. The van der Waals surface area contributed by atoms with Gasteiger partial charge >= 0.3 is 0 Å². The van der Waals surface area contributed by atoms with Gasteiger partial charge in [-0.25, -0.2) is 0 Å². The maximum absolute atomic E-state index is 13.1. The number of benzene rings is 3. The number of fused-ring (bicyclic) bond motifs is 1. The van der Waals surface area contributed by atoms with Crippen molar-refractivity contribution in [3.05, 3.63) is 107 Å². The van der Waals surface area contributed by atoms with Crippen LogP contribution in [0.25, 0.3) is 0 Å². The van der Waals surface area contributed by atoms with Gasteiger partial charge in [0.1, 0.15) is 5.60 Å². The van der Waals surface area contributed by atoms with E-state index in [0.717, 1.165) is 16.7 Å². The Morgan fingerprint density at radius 2 is 1.46 bits per heavy atom. The van der Waals surface area contributed by atoms with Crippen LogP contribution < -0.4 is 0 Å². The Morgan fingerprint density at radius 1 is 0.885 bits per heavy atom. The molecule has 1 heterocycles. The summed E-state index contributed by atoms with van der Waals surface area (Å²) < 4.78 is 0. The van der Waals surface area contributed by atoms with Gasteiger partial charge in [0.05, 0.1) is 6.04 Å². The molecule has 0 radical (unpaired) electrons. The fraction of sp³-hybridized carbons (Fsp3) is 0.174. The summed E-state index contributed by atoms with van der Waals surface area (Å²) in [6, 6.07) is 26.6. The molecule has 1 aliphatic rings. The summed E-state index contributed by atoms with van der Waals surface area (Å²) in [5.74, 6) is -0.0364. The molecule has 0 saturated heterocycles. The number of hydrogen-bond donors (Lipinski definition) is 1. The van der Waals surface area contributed by atoms with Crippen LogP contribution in [0.15, 0.2) is 84.9 Å². The van der Waals surface area contributed by atoms with E-state index in [1.165, 1.54) is 0 Å². The van der Waals surface area contributed by atoms with Crippen LogP contribution in [0.3, 0.4) is 0 Å². The fourth-order valence-electron chi connectivity index (χ4n) is 3.85. The molecule has 3 nitrogen and oxygen atoms in total. The van der Waals surface area contributed by atoms with Crippen LogP contribution in [-0.2, 0) is 12.1 Å². The molecule has 0 aromatic heterocycles. The van der Waals surface area contributed by atoms with Crippen molar-refractivity contribution in [1.29, 1.82) is 0 Å². The van der Waals surface area contributed by atoms with Crippen molar-refractivity contribution in [1.82, 2.24) is 4.90 Å². The fourth-order valence-corrected chi connectivity index (χ4v) is 3.85. The van der Waals surface area contributed by atoms with Gasteiger partial charge in [-0.05, 0) is 29.7 Å². The molecule has 2 unspecified atom stereocenters. The molecule has 3 aromatic rings. The van der Waals surface area contributed by atoms with Crippen LogP contribution in [0.5, 0.6) is 0 Å². The number of carbonyl (C=O) groups excluding carboxylic acids is 1. The van der Waals surface area contributed by atoms with E-state index in [1.54, 1.807) is 11.8 Å². The van der Waals surface area contributed by atoms with Crippen LogP contribution in [0.4, 0.5) is 0 Å². The lowest BCUT2D eigenvalue weighted by Gasteiger charge is -2.37. The summed E-state index contributed by atoms with van der Waals surface area (Å²) in [5, 5.41) is 11.5. The minimum Gasteiger partial charge on any atom is -0.383 e. The molecule has 0 fully saturated rings. The van der Waals surface area contributed by atoms with Crippen LogP contribution in [-0.4, -0.2) is 15.9 Å². The Labute approximate surface area is 153 Å². The van der Waals surface area contributed by atoms with Gasteiger partial charge in [0.2, 0.25) is 0 Å². The summed E-state index contributed by atoms with van der Waals surface area (Å²) >= 11 is 0. The third-order valence-electron chi connectivity index (χ3n) is 5.14. The Balaban J connectivity index is 1.81. The maximum Gasteiger partial charge on any atom is 0.255 e. The standard InChI is InChI=1S/C23H21NO2/c1-23(26,18-12-6-3-7-13-18)21-19-14-8-9-15-20(19)22(25)24(21)16-17-10-4-2-5-11-17/h2-15,21,26H,16H2,1H3. The van der Waals surface area contributed by atoms with Gasteiger partial charge in [0.15, 0.2) is 0 Å². The Bertz CT molecular complexity index is 919. The summed E-state index contributed by atoms with van der Waals surface area (Å²) in [6.45, 7) is 2.25. The lowest BCUT2D eigenvalue weighted by atomic mass is 9.84. The van der Waals surface area contributed by atoms with Gasteiger partial charge in [-0.3, -0.25) is 4.79 Å². The van der Waals surface area contributed by atoms with Crippen LogP contribution >= 0.6 is 0 Å². The smallest absolute Gasteiger partial charge is 0.255 e. The second kappa shape index (κ2) is 6.43. The van der Waals surface area contributed by atoms with E-state index < -0.39 is 11.6 Å². The second-order valence-electron chi connectivity index (χ2n) is 6.92. The van der Waals surface area contributed by atoms with Crippen LogP contribution in [0, 0.1) is 0 Å². The van der Waals surface area contributed by atoms with Gasteiger partial charge in [-0.1, -0.05) is 78.9 Å². The van der Waals surface area contributed by atoms with E-state index in [1.807, 2.05) is 84.9 Å². The normalized spacial score (nSPS) is 18.5. The third-order valence-corrected chi connectivity index (χ3v) is 5.14. The number of aliphatic hydroxyl groups is 1. The quantitative estimate of drug-likeness (QED) is 0.768. The molecule has 0 saturated carbocycles. The van der Waals surface area contributed by atoms with Gasteiger partial charge in [0, 0.05) is 12.1 Å². The zero-order valence-corrected chi connectivity index (χ0v) is 14.7. The topological polar surface area (TPSA) is 40.5 Å². The molecular formula is C23H21NO2. The molecular weight excluding hydrogens is 322 g/mol. The van der Waals surface area contributed by atoms with E-state index in [9.17, 15) is 9.90 Å². The van der Waals surface area contributed by atoms with Crippen molar-refractivity contribution in [2.75, 3.05) is 0 Å². The Morgan fingerprint density at radius 3 is 2.15 bits per heavy atom. The minimum atomic E-state index is -1.20. The first-order valence-corrected chi connectivity index (χ1v) is 8.81. The molecule has 0 aliphatic carbocycles. The van der Waals surface area contributed by atoms with Gasteiger partial charge in [-0.2, -0.15) is 0 Å². The predicted molar refractivity (Wildman–Crippen MR) is 102 cm³/mol. The largest absolute Gasteiger partial charge is 0.383 e. The lowest BCUT2D eigenvalue weighted by molar-refractivity contribution is -0.0293. The highest BCUT2D eigenvalue weighted by molar-refractivity contribution is 5.99. The predicted octanol–water partition coefficient (Wildman–Crippen LogP) is 4.29. The molecule has 1 amide bonds. The molecule has 2 atom stereocenters. The summed E-state index contributed by atoms with van der Waals surface area (Å²) in [6.07, 6.45) is 0. The lowest BCUT2D eigenvalue weighted by Crippen LogP contribution is -2.40. The Kier molecular flexibility index (Phi) is 4.09. The number of nitrogens with zero attached hydrogens (tertiary/aromatic N) is 1. The minimum absolute atomic E-state index is 0.0364. The maximum atomic E-state index is 13.1. The molecule has 4 rings (SSSR count). The van der Waals surface area contributed by atoms with Crippen molar-refractivity contribution in [2.45, 2.75) is 25.1 Å².